The number of carboxylic acids is 1. The predicted molar refractivity (Wildman–Crippen MR) is 65.6 cm³/mol. The number of carboxylic acid groups (broad SMARTS) is 1. The van der Waals surface area contributed by atoms with Crippen LogP contribution in [0.3, 0.4) is 0 Å². The number of carbonyl (C=O) groups is 2. The quantitative estimate of drug-likeness (QED) is 0.741. The highest BCUT2D eigenvalue weighted by Gasteiger charge is 2.37. The van der Waals surface area contributed by atoms with E-state index >= 15 is 0 Å². The molecule has 0 aromatic rings. The monoisotopic (exact) mass is 241 g/mol. The Balaban J connectivity index is 2.46. The molecular weight excluding hydrogens is 218 g/mol. The van der Waals surface area contributed by atoms with Gasteiger partial charge in [0, 0.05) is 6.04 Å². The largest absolute Gasteiger partial charge is 0.480 e. The summed E-state index contributed by atoms with van der Waals surface area (Å²) in [5, 5.41) is 11.8. The Kier molecular flexibility index (Phi) is 4.54. The number of hydrogen-bond donors (Lipinski definition) is 2. The van der Waals surface area contributed by atoms with Gasteiger partial charge in [0.05, 0.1) is 0 Å². The van der Waals surface area contributed by atoms with E-state index < -0.39 is 11.4 Å². The van der Waals surface area contributed by atoms with Gasteiger partial charge in [-0.3, -0.25) is 9.59 Å². The van der Waals surface area contributed by atoms with Crippen molar-refractivity contribution in [3.63, 3.8) is 0 Å². The molecule has 0 bridgehead atoms. The van der Waals surface area contributed by atoms with Gasteiger partial charge < -0.3 is 10.4 Å². The summed E-state index contributed by atoms with van der Waals surface area (Å²) in [5.74, 6) is -0.669. The Labute approximate surface area is 103 Å². The van der Waals surface area contributed by atoms with Crippen LogP contribution in [0.5, 0.6) is 0 Å². The van der Waals surface area contributed by atoms with E-state index in [0.29, 0.717) is 0 Å². The van der Waals surface area contributed by atoms with Gasteiger partial charge in [0.1, 0.15) is 5.41 Å². The van der Waals surface area contributed by atoms with Crippen molar-refractivity contribution < 1.29 is 14.7 Å². The van der Waals surface area contributed by atoms with E-state index in [-0.39, 0.29) is 11.9 Å². The molecule has 1 saturated carbocycles. The molecule has 1 aliphatic rings. The van der Waals surface area contributed by atoms with Gasteiger partial charge >= 0.3 is 5.97 Å². The van der Waals surface area contributed by atoms with Gasteiger partial charge in [-0.1, -0.05) is 13.3 Å². The molecule has 0 atom stereocenters. The minimum absolute atomic E-state index is 0.156. The molecule has 1 aliphatic carbocycles. The fourth-order valence-corrected chi connectivity index (χ4v) is 2.18. The second kappa shape index (κ2) is 5.52. The SMILES string of the molecule is CCC1CCC(NC(=O)C(C)(C)C(=O)O)CC1. The molecule has 1 amide bonds. The van der Waals surface area contributed by atoms with Gasteiger partial charge in [0.15, 0.2) is 0 Å². The van der Waals surface area contributed by atoms with Gasteiger partial charge in [-0.15, -0.1) is 0 Å². The van der Waals surface area contributed by atoms with E-state index in [1.54, 1.807) is 0 Å². The van der Waals surface area contributed by atoms with Crippen LogP contribution in [0, 0.1) is 11.3 Å². The molecule has 98 valence electrons. The van der Waals surface area contributed by atoms with E-state index in [2.05, 4.69) is 12.2 Å². The molecular formula is C13H23NO3. The van der Waals surface area contributed by atoms with Crippen LogP contribution >= 0.6 is 0 Å². The Morgan fingerprint density at radius 1 is 1.24 bits per heavy atom. The molecule has 1 fully saturated rings. The minimum atomic E-state index is -1.33. The predicted octanol–water partition coefficient (Wildman–Crippen LogP) is 2.18. The van der Waals surface area contributed by atoms with Crippen molar-refractivity contribution in [2.24, 2.45) is 11.3 Å². The number of carbonyl (C=O) groups excluding carboxylic acids is 1. The topological polar surface area (TPSA) is 66.4 Å². The van der Waals surface area contributed by atoms with Gasteiger partial charge in [-0.2, -0.15) is 0 Å². The number of aliphatic carboxylic acids is 1. The first-order valence-corrected chi connectivity index (χ1v) is 6.42. The first kappa shape index (κ1) is 14.0. The van der Waals surface area contributed by atoms with Crippen molar-refractivity contribution in [3.8, 4) is 0 Å². The smallest absolute Gasteiger partial charge is 0.318 e. The number of rotatable bonds is 4. The van der Waals surface area contributed by atoms with Crippen LogP contribution in [0.25, 0.3) is 0 Å². The Morgan fingerprint density at radius 2 is 1.76 bits per heavy atom. The number of amides is 1. The molecule has 2 N–H and O–H groups in total. The molecule has 0 spiro atoms. The van der Waals surface area contributed by atoms with Crippen molar-refractivity contribution in [2.45, 2.75) is 58.9 Å². The number of hydrogen-bond acceptors (Lipinski definition) is 2. The van der Waals surface area contributed by atoms with Gasteiger partial charge in [-0.05, 0) is 45.4 Å². The van der Waals surface area contributed by atoms with E-state index in [1.807, 2.05) is 0 Å². The molecule has 17 heavy (non-hydrogen) atoms. The highest BCUT2D eigenvalue weighted by Crippen LogP contribution is 2.27. The summed E-state index contributed by atoms with van der Waals surface area (Å²) in [4.78, 5) is 22.8. The van der Waals surface area contributed by atoms with Crippen LogP contribution < -0.4 is 5.32 Å². The molecule has 0 saturated heterocycles. The summed E-state index contributed by atoms with van der Waals surface area (Å²) in [6.45, 7) is 5.09. The van der Waals surface area contributed by atoms with E-state index in [9.17, 15) is 9.59 Å². The fraction of sp³-hybridized carbons (Fsp3) is 0.846. The molecule has 0 radical (unpaired) electrons. The summed E-state index contributed by atoms with van der Waals surface area (Å²) in [6.07, 6.45) is 5.41. The Morgan fingerprint density at radius 3 is 2.18 bits per heavy atom. The van der Waals surface area contributed by atoms with Crippen molar-refractivity contribution in [1.82, 2.24) is 5.32 Å². The minimum Gasteiger partial charge on any atom is -0.480 e. The third-order valence-electron chi connectivity index (χ3n) is 3.86. The first-order chi connectivity index (χ1) is 7.87. The highest BCUT2D eigenvalue weighted by atomic mass is 16.4. The van der Waals surface area contributed by atoms with Crippen molar-refractivity contribution in [3.05, 3.63) is 0 Å². The van der Waals surface area contributed by atoms with Crippen LogP contribution in [0.1, 0.15) is 52.9 Å². The maximum Gasteiger partial charge on any atom is 0.318 e. The van der Waals surface area contributed by atoms with Crippen molar-refractivity contribution in [2.75, 3.05) is 0 Å². The van der Waals surface area contributed by atoms with Crippen LogP contribution in [0.2, 0.25) is 0 Å². The van der Waals surface area contributed by atoms with Gasteiger partial charge in [0.25, 0.3) is 0 Å². The highest BCUT2D eigenvalue weighted by molar-refractivity contribution is 6.01. The molecule has 0 unspecified atom stereocenters. The van der Waals surface area contributed by atoms with Gasteiger partial charge in [0.2, 0.25) is 5.91 Å². The lowest BCUT2D eigenvalue weighted by molar-refractivity contribution is -0.153. The van der Waals surface area contributed by atoms with E-state index in [1.165, 1.54) is 20.3 Å². The summed E-state index contributed by atoms with van der Waals surface area (Å²) >= 11 is 0. The van der Waals surface area contributed by atoms with Crippen molar-refractivity contribution in [1.29, 1.82) is 0 Å². The third kappa shape index (κ3) is 3.45. The standard InChI is InChI=1S/C13H23NO3/c1-4-9-5-7-10(8-6-9)14-11(15)13(2,3)12(16)17/h9-10H,4-8H2,1-3H3,(H,14,15)(H,16,17). The molecule has 0 heterocycles. The Hall–Kier alpha value is -1.06. The van der Waals surface area contributed by atoms with Crippen molar-refractivity contribution >= 4 is 11.9 Å². The zero-order valence-electron chi connectivity index (χ0n) is 11.0. The maximum atomic E-state index is 11.8. The summed E-state index contributed by atoms with van der Waals surface area (Å²) in [5.41, 5.74) is -1.33. The second-order valence-corrected chi connectivity index (χ2v) is 5.53. The molecule has 0 aliphatic heterocycles. The zero-order chi connectivity index (χ0) is 13.1. The normalized spacial score (nSPS) is 25.4. The second-order valence-electron chi connectivity index (χ2n) is 5.53. The lowest BCUT2D eigenvalue weighted by Crippen LogP contribution is -2.47. The summed E-state index contributed by atoms with van der Waals surface area (Å²) < 4.78 is 0. The third-order valence-corrected chi connectivity index (χ3v) is 3.86. The van der Waals surface area contributed by atoms with E-state index in [4.69, 9.17) is 5.11 Å². The summed E-state index contributed by atoms with van der Waals surface area (Å²) in [7, 11) is 0. The average molecular weight is 241 g/mol. The van der Waals surface area contributed by atoms with Crippen LogP contribution in [0.15, 0.2) is 0 Å². The average Bonchev–Trinajstić information content (AvgIpc) is 2.29. The first-order valence-electron chi connectivity index (χ1n) is 6.42. The molecule has 0 aromatic carbocycles. The fourth-order valence-electron chi connectivity index (χ4n) is 2.18. The summed E-state index contributed by atoms with van der Waals surface area (Å²) in [6, 6.07) is 0.156. The zero-order valence-corrected chi connectivity index (χ0v) is 11.0. The maximum absolute atomic E-state index is 11.8. The molecule has 0 aromatic heterocycles. The van der Waals surface area contributed by atoms with E-state index in [0.717, 1.165) is 31.6 Å². The molecule has 4 heteroatoms. The lowest BCUT2D eigenvalue weighted by Gasteiger charge is -2.30. The lowest BCUT2D eigenvalue weighted by atomic mass is 9.83. The Bertz CT molecular complexity index is 291. The number of nitrogens with one attached hydrogen (secondary N) is 1. The molecule has 4 nitrogen and oxygen atoms in total. The van der Waals surface area contributed by atoms with Gasteiger partial charge in [-0.25, -0.2) is 0 Å². The van der Waals surface area contributed by atoms with Crippen LogP contribution in [-0.4, -0.2) is 23.0 Å². The molecule has 1 rings (SSSR count). The van der Waals surface area contributed by atoms with Crippen LogP contribution in [-0.2, 0) is 9.59 Å². The van der Waals surface area contributed by atoms with Crippen LogP contribution in [0.4, 0.5) is 0 Å².